The van der Waals surface area contributed by atoms with Crippen molar-refractivity contribution in [3.8, 4) is 0 Å². The summed E-state index contributed by atoms with van der Waals surface area (Å²) in [6.45, 7) is 2.73. The number of aryl methyl sites for hydroxylation is 1. The number of allylic oxidation sites excluding steroid dienone is 1. The summed E-state index contributed by atoms with van der Waals surface area (Å²) in [5.41, 5.74) is 4.21. The second-order valence-electron chi connectivity index (χ2n) is 8.71. The summed E-state index contributed by atoms with van der Waals surface area (Å²) < 4.78 is 37.4. The van der Waals surface area contributed by atoms with Crippen molar-refractivity contribution in [3.05, 3.63) is 51.9 Å². The molecule has 3 heterocycles. The SMILES string of the molecule is CC1=C(C2=c3cn[nH]c3=CNC2)NCC(N(C=O)c2c(C)cccc2N(C)CC(=O)NCC(F)(F)F)=N1. The number of halogens is 3. The lowest BCUT2D eigenvalue weighted by atomic mass is 10.1. The van der Waals surface area contributed by atoms with Crippen LogP contribution in [0, 0.1) is 6.92 Å². The Balaban J connectivity index is 1.64. The number of alkyl halides is 3. The molecule has 10 nitrogen and oxygen atoms in total. The fourth-order valence-electron chi connectivity index (χ4n) is 4.33. The maximum Gasteiger partial charge on any atom is 0.405 e. The number of H-pyrrole nitrogens is 1. The van der Waals surface area contributed by atoms with E-state index in [0.29, 0.717) is 35.9 Å². The van der Waals surface area contributed by atoms with E-state index in [-0.39, 0.29) is 13.1 Å². The first-order chi connectivity index (χ1) is 17.6. The fourth-order valence-corrected chi connectivity index (χ4v) is 4.33. The summed E-state index contributed by atoms with van der Waals surface area (Å²) in [7, 11) is 1.57. The molecule has 0 bridgehead atoms. The molecule has 13 heteroatoms. The number of fused-ring (bicyclic) bond motifs is 1. The number of aliphatic imine (C=N–C) groups is 1. The molecule has 0 unspecified atom stereocenters. The Hall–Kier alpha value is -4.29. The van der Waals surface area contributed by atoms with E-state index in [4.69, 9.17) is 4.99 Å². The fraction of sp³-hybridized carbons (Fsp3) is 0.333. The molecule has 0 spiro atoms. The minimum Gasteiger partial charge on any atom is -0.385 e. The van der Waals surface area contributed by atoms with E-state index in [1.807, 2.05) is 18.4 Å². The predicted octanol–water partition coefficient (Wildman–Crippen LogP) is 0.221. The van der Waals surface area contributed by atoms with Gasteiger partial charge in [0.1, 0.15) is 12.4 Å². The summed E-state index contributed by atoms with van der Waals surface area (Å²) in [5, 5.41) is 17.3. The van der Waals surface area contributed by atoms with Crippen LogP contribution in [0.4, 0.5) is 24.5 Å². The molecule has 1 aromatic heterocycles. The van der Waals surface area contributed by atoms with Crippen molar-refractivity contribution < 1.29 is 22.8 Å². The molecule has 2 aromatic rings. The topological polar surface area (TPSA) is 118 Å². The third-order valence-corrected chi connectivity index (χ3v) is 6.02. The lowest BCUT2D eigenvalue weighted by molar-refractivity contribution is -0.137. The van der Waals surface area contributed by atoms with Crippen molar-refractivity contribution in [1.82, 2.24) is 26.1 Å². The van der Waals surface area contributed by atoms with Gasteiger partial charge in [0.15, 0.2) is 0 Å². The van der Waals surface area contributed by atoms with Gasteiger partial charge in [0.05, 0.1) is 47.4 Å². The van der Waals surface area contributed by atoms with Crippen LogP contribution in [0.25, 0.3) is 11.8 Å². The van der Waals surface area contributed by atoms with Crippen molar-refractivity contribution in [1.29, 1.82) is 0 Å². The molecule has 2 aliphatic heterocycles. The van der Waals surface area contributed by atoms with E-state index in [9.17, 15) is 22.8 Å². The first-order valence-corrected chi connectivity index (χ1v) is 11.5. The van der Waals surface area contributed by atoms with Crippen molar-refractivity contribution in [2.45, 2.75) is 20.0 Å². The number of anilines is 2. The summed E-state index contributed by atoms with van der Waals surface area (Å²) in [5.74, 6) is -0.357. The normalized spacial score (nSPS) is 15.1. The van der Waals surface area contributed by atoms with Gasteiger partial charge in [0.2, 0.25) is 12.3 Å². The maximum atomic E-state index is 12.5. The largest absolute Gasteiger partial charge is 0.405 e. The molecule has 0 atom stereocenters. The third-order valence-electron chi connectivity index (χ3n) is 6.02. The van der Waals surface area contributed by atoms with Crippen molar-refractivity contribution >= 4 is 41.3 Å². The molecule has 0 radical (unpaired) electrons. The number of aromatic nitrogens is 2. The number of hydrogen-bond acceptors (Lipinski definition) is 7. The highest BCUT2D eigenvalue weighted by atomic mass is 19.4. The molecule has 0 fully saturated rings. The zero-order valence-corrected chi connectivity index (χ0v) is 20.5. The monoisotopic (exact) mass is 516 g/mol. The summed E-state index contributed by atoms with van der Waals surface area (Å²) in [6.07, 6.45) is -0.258. The molecule has 2 aliphatic rings. The van der Waals surface area contributed by atoms with E-state index in [0.717, 1.165) is 27.4 Å². The van der Waals surface area contributed by atoms with Gasteiger partial charge in [-0.05, 0) is 25.5 Å². The molecule has 2 amide bonds. The number of hydrogen-bond donors (Lipinski definition) is 4. The van der Waals surface area contributed by atoms with Crippen LogP contribution in [0.3, 0.4) is 0 Å². The zero-order chi connectivity index (χ0) is 26.7. The third kappa shape index (κ3) is 5.60. The van der Waals surface area contributed by atoms with Crippen LogP contribution < -0.4 is 36.3 Å². The van der Waals surface area contributed by atoms with E-state index in [1.165, 1.54) is 9.80 Å². The quantitative estimate of drug-likeness (QED) is 0.392. The molecule has 0 saturated heterocycles. The molecular weight excluding hydrogens is 489 g/mol. The van der Waals surface area contributed by atoms with Crippen molar-refractivity contribution in [2.24, 2.45) is 4.99 Å². The average molecular weight is 517 g/mol. The van der Waals surface area contributed by atoms with Crippen LogP contribution in [0.1, 0.15) is 12.5 Å². The number of carbonyl (C=O) groups excluding carboxylic acids is 2. The molecule has 37 heavy (non-hydrogen) atoms. The Morgan fingerprint density at radius 3 is 2.73 bits per heavy atom. The number of likely N-dealkylation sites (N-methyl/N-ethyl adjacent to an activating group) is 1. The first-order valence-electron chi connectivity index (χ1n) is 11.5. The molecule has 1 aromatic carbocycles. The van der Waals surface area contributed by atoms with E-state index in [1.54, 1.807) is 38.4 Å². The van der Waals surface area contributed by atoms with Gasteiger partial charge in [0.25, 0.3) is 0 Å². The summed E-state index contributed by atoms with van der Waals surface area (Å²) in [4.78, 5) is 32.1. The molecule has 4 rings (SSSR count). The standard InChI is InChI=1S/C24H27F3N8O2/c1-14-5-4-6-19(34(3)11-21(37)30-12-24(25,26)27)23(14)35(13-36)20-10-29-22(15(2)32-20)17-7-28-9-18-16(17)8-31-33-18/h4-6,8-9,13,28-29,33H,7,10-12H2,1-3H3,(H,30,37). The van der Waals surface area contributed by atoms with Crippen LogP contribution in [0.15, 0.2) is 40.8 Å². The molecular formula is C24H27F3N8O2. The zero-order valence-electron chi connectivity index (χ0n) is 20.5. The highest BCUT2D eigenvalue weighted by Gasteiger charge is 2.29. The lowest BCUT2D eigenvalue weighted by Crippen LogP contribution is -2.44. The van der Waals surface area contributed by atoms with Gasteiger partial charge in [-0.1, -0.05) is 12.1 Å². The minimum absolute atomic E-state index is 0.245. The van der Waals surface area contributed by atoms with Gasteiger partial charge in [0, 0.05) is 30.6 Å². The lowest BCUT2D eigenvalue weighted by Gasteiger charge is -2.31. The summed E-state index contributed by atoms with van der Waals surface area (Å²) in [6, 6.07) is 5.25. The number of aromatic amines is 1. The Bertz CT molecular complexity index is 1390. The number of nitrogens with zero attached hydrogens (tertiary/aromatic N) is 4. The second-order valence-corrected chi connectivity index (χ2v) is 8.71. The smallest absolute Gasteiger partial charge is 0.385 e. The number of benzene rings is 1. The van der Waals surface area contributed by atoms with Gasteiger partial charge in [-0.25, -0.2) is 4.99 Å². The second kappa shape index (κ2) is 10.4. The van der Waals surface area contributed by atoms with E-state index < -0.39 is 18.6 Å². The van der Waals surface area contributed by atoms with Gasteiger partial charge < -0.3 is 20.9 Å². The highest BCUT2D eigenvalue weighted by molar-refractivity contribution is 6.14. The van der Waals surface area contributed by atoms with Gasteiger partial charge >= 0.3 is 6.18 Å². The maximum absolute atomic E-state index is 12.5. The highest BCUT2D eigenvalue weighted by Crippen LogP contribution is 2.33. The van der Waals surface area contributed by atoms with E-state index in [2.05, 4.69) is 20.8 Å². The van der Waals surface area contributed by atoms with Gasteiger partial charge in [-0.3, -0.25) is 19.6 Å². The molecule has 0 aliphatic carbocycles. The number of para-hydroxylation sites is 1. The van der Waals surface area contributed by atoms with Crippen LogP contribution in [-0.4, -0.2) is 67.8 Å². The molecule has 196 valence electrons. The van der Waals surface area contributed by atoms with Crippen LogP contribution >= 0.6 is 0 Å². The van der Waals surface area contributed by atoms with E-state index >= 15 is 0 Å². The molecule has 0 saturated carbocycles. The summed E-state index contributed by atoms with van der Waals surface area (Å²) >= 11 is 0. The van der Waals surface area contributed by atoms with Crippen molar-refractivity contribution in [2.75, 3.05) is 43.0 Å². The number of carbonyl (C=O) groups is 2. The predicted molar refractivity (Wildman–Crippen MR) is 134 cm³/mol. The van der Waals surface area contributed by atoms with Crippen molar-refractivity contribution in [3.63, 3.8) is 0 Å². The van der Waals surface area contributed by atoms with Gasteiger partial charge in [-0.2, -0.15) is 18.3 Å². The Morgan fingerprint density at radius 2 is 2.03 bits per heavy atom. The first kappa shape index (κ1) is 25.8. The number of nitrogens with one attached hydrogen (secondary N) is 4. The Labute approximate surface area is 210 Å². The number of amides is 2. The van der Waals surface area contributed by atoms with Crippen LogP contribution in [-0.2, 0) is 9.59 Å². The minimum atomic E-state index is -4.50. The number of rotatable bonds is 7. The Kier molecular flexibility index (Phi) is 7.23. The molecule has 4 N–H and O–H groups in total. The number of amidine groups is 1. The Morgan fingerprint density at radius 1 is 1.24 bits per heavy atom. The average Bonchev–Trinajstić information content (AvgIpc) is 3.33. The van der Waals surface area contributed by atoms with Crippen LogP contribution in [0.5, 0.6) is 0 Å². The van der Waals surface area contributed by atoms with Gasteiger partial charge in [-0.15, -0.1) is 0 Å². The van der Waals surface area contributed by atoms with Crippen LogP contribution in [0.2, 0.25) is 0 Å².